The average molecular weight is 242 g/mol. The molecule has 1 aliphatic heterocycles. The van der Waals surface area contributed by atoms with E-state index in [-0.39, 0.29) is 11.8 Å². The summed E-state index contributed by atoms with van der Waals surface area (Å²) < 4.78 is 0. The lowest BCUT2D eigenvalue weighted by atomic mass is 9.87. The number of carbonyl (C=O) groups is 2. The fourth-order valence-corrected chi connectivity index (χ4v) is 2.01. The van der Waals surface area contributed by atoms with Gasteiger partial charge in [-0.2, -0.15) is 0 Å². The van der Waals surface area contributed by atoms with Gasteiger partial charge < -0.3 is 15.7 Å². The van der Waals surface area contributed by atoms with E-state index in [9.17, 15) is 9.59 Å². The molecule has 1 amide bonds. The Labute approximate surface area is 102 Å². The molecule has 17 heavy (non-hydrogen) atoms. The summed E-state index contributed by atoms with van der Waals surface area (Å²) in [5, 5.41) is 14.9. The second kappa shape index (κ2) is 5.49. The maximum Gasteiger partial charge on any atom is 0.326 e. The van der Waals surface area contributed by atoms with Gasteiger partial charge in [-0.25, -0.2) is 4.79 Å². The third-order valence-corrected chi connectivity index (χ3v) is 3.68. The Kier molecular flexibility index (Phi) is 4.51. The van der Waals surface area contributed by atoms with Crippen LogP contribution in [0.2, 0.25) is 0 Å². The van der Waals surface area contributed by atoms with Gasteiger partial charge in [-0.05, 0) is 25.8 Å². The molecule has 0 aromatic rings. The number of nitrogens with one attached hydrogen (secondary N) is 2. The summed E-state index contributed by atoms with van der Waals surface area (Å²) in [6.45, 7) is 7.06. The fourth-order valence-electron chi connectivity index (χ4n) is 2.01. The Morgan fingerprint density at radius 2 is 2.18 bits per heavy atom. The molecule has 98 valence electrons. The van der Waals surface area contributed by atoms with Crippen molar-refractivity contribution in [3.63, 3.8) is 0 Å². The molecule has 1 heterocycles. The predicted octanol–water partition coefficient (Wildman–Crippen LogP) is 0.602. The molecule has 0 bridgehead atoms. The first kappa shape index (κ1) is 14.0. The van der Waals surface area contributed by atoms with Crippen LogP contribution >= 0.6 is 0 Å². The van der Waals surface area contributed by atoms with E-state index in [0.29, 0.717) is 6.54 Å². The number of carboxylic acids is 1. The van der Waals surface area contributed by atoms with E-state index in [0.717, 1.165) is 19.4 Å². The minimum absolute atomic E-state index is 0.0607. The lowest BCUT2D eigenvalue weighted by Gasteiger charge is -2.27. The molecule has 1 saturated heterocycles. The Morgan fingerprint density at radius 1 is 1.53 bits per heavy atom. The number of hydrogen-bond donors (Lipinski definition) is 3. The lowest BCUT2D eigenvalue weighted by molar-refractivity contribution is -0.145. The molecule has 0 saturated carbocycles. The molecule has 1 rings (SSSR count). The molecule has 0 aliphatic carbocycles. The summed E-state index contributed by atoms with van der Waals surface area (Å²) in [5.74, 6) is -1.17. The zero-order valence-corrected chi connectivity index (χ0v) is 10.7. The zero-order chi connectivity index (χ0) is 13.1. The van der Waals surface area contributed by atoms with Crippen molar-refractivity contribution in [2.24, 2.45) is 11.3 Å². The van der Waals surface area contributed by atoms with E-state index in [1.165, 1.54) is 0 Å². The Balaban J connectivity index is 2.67. The van der Waals surface area contributed by atoms with Crippen molar-refractivity contribution < 1.29 is 14.7 Å². The lowest BCUT2D eigenvalue weighted by Crippen LogP contribution is -2.50. The first-order valence-corrected chi connectivity index (χ1v) is 6.15. The van der Waals surface area contributed by atoms with Gasteiger partial charge in [-0.1, -0.05) is 20.3 Å². The van der Waals surface area contributed by atoms with Crippen LogP contribution in [0.3, 0.4) is 0 Å². The number of carbonyl (C=O) groups excluding carboxylic acids is 1. The van der Waals surface area contributed by atoms with Crippen molar-refractivity contribution >= 4 is 11.9 Å². The van der Waals surface area contributed by atoms with Gasteiger partial charge in [0.15, 0.2) is 0 Å². The summed E-state index contributed by atoms with van der Waals surface area (Å²) in [5.41, 5.74) is -0.471. The maximum atomic E-state index is 12.1. The van der Waals surface area contributed by atoms with Crippen molar-refractivity contribution in [2.75, 3.05) is 13.1 Å². The molecule has 0 aromatic heterocycles. The van der Waals surface area contributed by atoms with E-state index in [1.807, 2.05) is 20.8 Å². The van der Waals surface area contributed by atoms with Gasteiger partial charge >= 0.3 is 5.97 Å². The van der Waals surface area contributed by atoms with Crippen LogP contribution in [0.15, 0.2) is 0 Å². The average Bonchev–Trinajstić information content (AvgIpc) is 2.72. The molecular formula is C12H22N2O3. The topological polar surface area (TPSA) is 78.4 Å². The smallest absolute Gasteiger partial charge is 0.326 e. The van der Waals surface area contributed by atoms with Crippen LogP contribution in [0.1, 0.15) is 33.6 Å². The third kappa shape index (κ3) is 3.19. The normalized spacial score (nSPS) is 27.5. The number of carboxylic acid groups (broad SMARTS) is 1. The Hall–Kier alpha value is -1.10. The fraction of sp³-hybridized carbons (Fsp3) is 0.833. The first-order chi connectivity index (χ1) is 7.90. The molecule has 0 aromatic carbocycles. The van der Waals surface area contributed by atoms with E-state index in [1.54, 1.807) is 0 Å². The van der Waals surface area contributed by atoms with E-state index >= 15 is 0 Å². The van der Waals surface area contributed by atoms with Gasteiger partial charge in [0, 0.05) is 6.54 Å². The van der Waals surface area contributed by atoms with Gasteiger partial charge in [0.1, 0.15) is 6.04 Å². The van der Waals surface area contributed by atoms with Crippen LogP contribution in [0.5, 0.6) is 0 Å². The van der Waals surface area contributed by atoms with E-state index < -0.39 is 17.4 Å². The van der Waals surface area contributed by atoms with E-state index in [2.05, 4.69) is 10.6 Å². The molecule has 3 unspecified atom stereocenters. The summed E-state index contributed by atoms with van der Waals surface area (Å²) in [6, 6.07) is -0.787. The SMILES string of the molecule is CCC(C)C(NC(=O)C1(C)CCNC1)C(=O)O. The highest BCUT2D eigenvalue weighted by Crippen LogP contribution is 2.25. The van der Waals surface area contributed by atoms with Crippen LogP contribution in [0, 0.1) is 11.3 Å². The van der Waals surface area contributed by atoms with Crippen molar-refractivity contribution in [2.45, 2.75) is 39.7 Å². The van der Waals surface area contributed by atoms with Gasteiger partial charge in [0.25, 0.3) is 0 Å². The summed E-state index contributed by atoms with van der Waals surface area (Å²) in [6.07, 6.45) is 1.48. The third-order valence-electron chi connectivity index (χ3n) is 3.68. The molecular weight excluding hydrogens is 220 g/mol. The van der Waals surface area contributed by atoms with Crippen molar-refractivity contribution in [1.82, 2.24) is 10.6 Å². The summed E-state index contributed by atoms with van der Waals surface area (Å²) >= 11 is 0. The highest BCUT2D eigenvalue weighted by atomic mass is 16.4. The monoisotopic (exact) mass is 242 g/mol. The summed E-state index contributed by atoms with van der Waals surface area (Å²) in [7, 11) is 0. The molecule has 3 N–H and O–H groups in total. The van der Waals surface area contributed by atoms with Crippen molar-refractivity contribution in [3.8, 4) is 0 Å². The largest absolute Gasteiger partial charge is 0.480 e. The van der Waals surface area contributed by atoms with Crippen LogP contribution < -0.4 is 10.6 Å². The van der Waals surface area contributed by atoms with Gasteiger partial charge in [-0.3, -0.25) is 4.79 Å². The second-order valence-corrected chi connectivity index (χ2v) is 5.16. The molecule has 1 fully saturated rings. The predicted molar refractivity (Wildman–Crippen MR) is 64.6 cm³/mol. The van der Waals surface area contributed by atoms with Crippen molar-refractivity contribution in [1.29, 1.82) is 0 Å². The first-order valence-electron chi connectivity index (χ1n) is 6.15. The van der Waals surface area contributed by atoms with Crippen molar-refractivity contribution in [3.05, 3.63) is 0 Å². The minimum atomic E-state index is -0.956. The highest BCUT2D eigenvalue weighted by Gasteiger charge is 2.38. The van der Waals surface area contributed by atoms with Crippen LogP contribution in [-0.4, -0.2) is 36.1 Å². The van der Waals surface area contributed by atoms with Gasteiger partial charge in [-0.15, -0.1) is 0 Å². The summed E-state index contributed by atoms with van der Waals surface area (Å²) in [4.78, 5) is 23.2. The standard InChI is InChI=1S/C12H22N2O3/c1-4-8(2)9(10(15)16)14-11(17)12(3)5-6-13-7-12/h8-9,13H,4-7H2,1-3H3,(H,14,17)(H,15,16). The van der Waals surface area contributed by atoms with Crippen LogP contribution in [0.25, 0.3) is 0 Å². The highest BCUT2D eigenvalue weighted by molar-refractivity contribution is 5.87. The molecule has 5 heteroatoms. The number of rotatable bonds is 5. The molecule has 3 atom stereocenters. The molecule has 5 nitrogen and oxygen atoms in total. The van der Waals surface area contributed by atoms with Gasteiger partial charge in [0.2, 0.25) is 5.91 Å². The van der Waals surface area contributed by atoms with E-state index in [4.69, 9.17) is 5.11 Å². The quantitative estimate of drug-likeness (QED) is 0.659. The maximum absolute atomic E-state index is 12.1. The number of amides is 1. The number of aliphatic carboxylic acids is 1. The number of hydrogen-bond acceptors (Lipinski definition) is 3. The zero-order valence-electron chi connectivity index (χ0n) is 10.7. The molecule has 1 aliphatic rings. The van der Waals surface area contributed by atoms with Crippen LogP contribution in [0.4, 0.5) is 0 Å². The van der Waals surface area contributed by atoms with Crippen LogP contribution in [-0.2, 0) is 9.59 Å². The Morgan fingerprint density at radius 3 is 2.59 bits per heavy atom. The Bertz CT molecular complexity index is 298. The molecule has 0 spiro atoms. The molecule has 0 radical (unpaired) electrons. The minimum Gasteiger partial charge on any atom is -0.480 e. The van der Waals surface area contributed by atoms with Gasteiger partial charge in [0.05, 0.1) is 5.41 Å². The second-order valence-electron chi connectivity index (χ2n) is 5.16.